The summed E-state index contributed by atoms with van der Waals surface area (Å²) in [5.74, 6) is -2.82. The lowest BCUT2D eigenvalue weighted by Gasteiger charge is -2.24. The van der Waals surface area contributed by atoms with Crippen LogP contribution in [-0.4, -0.2) is 78.3 Å². The average molecular weight is 771 g/mol. The Bertz CT molecular complexity index is 1660. The number of carbonyl (C=O) groups excluding carboxylic acids is 3. The van der Waals surface area contributed by atoms with E-state index >= 15 is 4.39 Å². The van der Waals surface area contributed by atoms with Crippen LogP contribution in [-0.2, 0) is 14.3 Å². The van der Waals surface area contributed by atoms with Crippen LogP contribution < -0.4 is 25.2 Å². The SMILES string of the molecule is COCC(C(=O)N(C)C)n1cccc(N2C[C@@H](c3c(C)cc(OC)cc3F)[C@H](NC(=O)c3ccc(OC(F)(P)I)cc3)C2=O)c1=O. The second-order valence-electron chi connectivity index (χ2n) is 10.8. The maximum atomic E-state index is 15.6. The molecule has 0 saturated carbocycles. The number of methoxy groups -OCH3 is 2. The first-order valence-corrected chi connectivity index (χ1v) is 15.7. The number of aryl methyl sites for hydroxylation is 1. The van der Waals surface area contributed by atoms with Crippen molar-refractivity contribution in [2.45, 2.75) is 28.5 Å². The summed E-state index contributed by atoms with van der Waals surface area (Å²) in [7, 11) is 7.80. The van der Waals surface area contributed by atoms with Crippen LogP contribution >= 0.6 is 31.8 Å². The van der Waals surface area contributed by atoms with E-state index in [4.69, 9.17) is 14.2 Å². The van der Waals surface area contributed by atoms with E-state index in [9.17, 15) is 23.6 Å². The van der Waals surface area contributed by atoms with Crippen LogP contribution in [0.5, 0.6) is 11.5 Å². The Kier molecular flexibility index (Phi) is 11.1. The largest absolute Gasteiger partial charge is 0.497 e. The Balaban J connectivity index is 1.75. The third-order valence-corrected chi connectivity index (χ3v) is 7.86. The molecule has 46 heavy (non-hydrogen) atoms. The van der Waals surface area contributed by atoms with E-state index in [1.165, 1.54) is 99.8 Å². The van der Waals surface area contributed by atoms with Gasteiger partial charge in [0.15, 0.2) is 0 Å². The van der Waals surface area contributed by atoms with Gasteiger partial charge in [0, 0.05) is 74.1 Å². The van der Waals surface area contributed by atoms with Gasteiger partial charge < -0.3 is 29.3 Å². The van der Waals surface area contributed by atoms with Crippen LogP contribution in [0.4, 0.5) is 14.5 Å². The number of aromatic nitrogens is 1. The van der Waals surface area contributed by atoms with E-state index < -0.39 is 50.7 Å². The Morgan fingerprint density at radius 1 is 1.15 bits per heavy atom. The summed E-state index contributed by atoms with van der Waals surface area (Å²) in [5, 5.41) is 2.72. The molecule has 1 aliphatic heterocycles. The summed E-state index contributed by atoms with van der Waals surface area (Å²) in [6.07, 6.45) is 1.43. The van der Waals surface area contributed by atoms with Gasteiger partial charge in [-0.1, -0.05) is 0 Å². The molecule has 11 nitrogen and oxygen atoms in total. The minimum Gasteiger partial charge on any atom is -0.497 e. The first kappa shape index (κ1) is 35.2. The van der Waals surface area contributed by atoms with Gasteiger partial charge in [-0.25, -0.2) is 4.39 Å². The predicted molar refractivity (Wildman–Crippen MR) is 179 cm³/mol. The third kappa shape index (κ3) is 7.67. The van der Waals surface area contributed by atoms with Crippen molar-refractivity contribution in [1.29, 1.82) is 0 Å². The van der Waals surface area contributed by atoms with E-state index in [-0.39, 0.29) is 41.5 Å². The van der Waals surface area contributed by atoms with Crippen molar-refractivity contribution in [3.05, 3.63) is 87.6 Å². The highest BCUT2D eigenvalue weighted by molar-refractivity contribution is 14.1. The smallest absolute Gasteiger partial charge is 0.309 e. The molecular weight excluding hydrogens is 736 g/mol. The first-order chi connectivity index (χ1) is 21.7. The van der Waals surface area contributed by atoms with Crippen LogP contribution in [0.3, 0.4) is 0 Å². The van der Waals surface area contributed by atoms with Crippen LogP contribution in [0, 0.1) is 12.7 Å². The second-order valence-corrected chi connectivity index (χ2v) is 14.2. The van der Waals surface area contributed by atoms with Crippen LogP contribution in [0.1, 0.15) is 33.4 Å². The van der Waals surface area contributed by atoms with Crippen molar-refractivity contribution in [1.82, 2.24) is 14.8 Å². The Hall–Kier alpha value is -3.62. The molecule has 3 amide bonds. The molecule has 1 N–H and O–H groups in total. The zero-order valence-electron chi connectivity index (χ0n) is 25.8. The standard InChI is InChI=1S/C31H34F2IN4O7P/c1-17-13-20(44-5)14-22(32)25(17)21-15-38(23-7-6-12-37(29(23)41)24(16-43-4)28(40)36(2)3)30(42)26(21)35-27(39)18-8-10-19(11-9-18)45-31(33,34)46/h6-14,21,24,26H,15-16,46H2,1-5H3,(H,35,39)/t21-,24?,26-,31?/m0/s1. The molecule has 0 bridgehead atoms. The highest BCUT2D eigenvalue weighted by Crippen LogP contribution is 2.37. The molecule has 4 rings (SSSR count). The monoisotopic (exact) mass is 770 g/mol. The number of anilines is 1. The molecular formula is C31H34F2IN4O7P. The fourth-order valence-electron chi connectivity index (χ4n) is 5.41. The number of pyridine rings is 1. The number of benzene rings is 2. The lowest BCUT2D eigenvalue weighted by Crippen LogP contribution is -2.45. The highest BCUT2D eigenvalue weighted by Gasteiger charge is 2.45. The molecule has 1 aliphatic rings. The molecule has 15 heteroatoms. The van der Waals surface area contributed by atoms with E-state index in [1.807, 2.05) is 9.24 Å². The average Bonchev–Trinajstić information content (AvgIpc) is 3.29. The molecule has 3 unspecified atom stereocenters. The lowest BCUT2D eigenvalue weighted by molar-refractivity contribution is -0.133. The predicted octanol–water partition coefficient (Wildman–Crippen LogP) is 3.78. The Labute approximate surface area is 280 Å². The van der Waals surface area contributed by atoms with E-state index in [2.05, 4.69) is 5.32 Å². The number of halogens is 3. The van der Waals surface area contributed by atoms with Gasteiger partial charge in [-0.15, -0.1) is 0 Å². The molecule has 3 aromatic rings. The minimum absolute atomic E-state index is 0.0547. The minimum atomic E-state index is -2.05. The van der Waals surface area contributed by atoms with Crippen LogP contribution in [0.25, 0.3) is 0 Å². The quantitative estimate of drug-likeness (QED) is 0.179. The van der Waals surface area contributed by atoms with Crippen molar-refractivity contribution in [3.8, 4) is 11.5 Å². The number of hydrogen-bond donors (Lipinski definition) is 1. The number of hydrogen-bond acceptors (Lipinski definition) is 7. The highest BCUT2D eigenvalue weighted by atomic mass is 127. The third-order valence-electron chi connectivity index (χ3n) is 7.52. The number of nitrogens with one attached hydrogen (secondary N) is 1. The number of alkyl halides is 2. The van der Waals surface area contributed by atoms with Gasteiger partial charge in [-0.2, -0.15) is 4.39 Å². The molecule has 0 spiro atoms. The zero-order valence-corrected chi connectivity index (χ0v) is 29.1. The van der Waals surface area contributed by atoms with Gasteiger partial charge in [0.25, 0.3) is 11.5 Å². The molecule has 2 heterocycles. The lowest BCUT2D eigenvalue weighted by atomic mass is 9.89. The number of ether oxygens (including phenoxy) is 3. The molecule has 5 atom stereocenters. The molecule has 2 aromatic carbocycles. The van der Waals surface area contributed by atoms with Gasteiger partial charge in [0.05, 0.1) is 13.7 Å². The first-order valence-electron chi connectivity index (χ1n) is 14.0. The van der Waals surface area contributed by atoms with Crippen molar-refractivity contribution in [2.24, 2.45) is 0 Å². The fourth-order valence-corrected chi connectivity index (χ4v) is 5.80. The van der Waals surface area contributed by atoms with Crippen molar-refractivity contribution in [3.63, 3.8) is 0 Å². The van der Waals surface area contributed by atoms with Gasteiger partial charge in [0.2, 0.25) is 11.8 Å². The van der Waals surface area contributed by atoms with Crippen LogP contribution in [0.15, 0.2) is 59.5 Å². The number of likely N-dealkylation sites (N-methyl/N-ethyl adjacent to an activating group) is 1. The van der Waals surface area contributed by atoms with Crippen molar-refractivity contribution < 1.29 is 37.4 Å². The summed E-state index contributed by atoms with van der Waals surface area (Å²) in [5.41, 5.74) is 0.0855. The summed E-state index contributed by atoms with van der Waals surface area (Å²) in [6, 6.07) is 9.07. The van der Waals surface area contributed by atoms with Gasteiger partial charge in [-0.05, 0) is 69.8 Å². The van der Waals surface area contributed by atoms with E-state index in [0.29, 0.717) is 5.56 Å². The summed E-state index contributed by atoms with van der Waals surface area (Å²) >= 11 is 1.44. The van der Waals surface area contributed by atoms with Crippen molar-refractivity contribution >= 4 is 55.2 Å². The normalized spacial score (nSPS) is 18.1. The number of nitrogens with zero attached hydrogens (tertiary/aromatic N) is 3. The Morgan fingerprint density at radius 2 is 1.83 bits per heavy atom. The van der Waals surface area contributed by atoms with E-state index in [1.54, 1.807) is 27.1 Å². The molecule has 0 radical (unpaired) electrons. The fraction of sp³-hybridized carbons (Fsp3) is 0.355. The van der Waals surface area contributed by atoms with Gasteiger partial charge >= 0.3 is 3.60 Å². The van der Waals surface area contributed by atoms with Crippen molar-refractivity contribution in [2.75, 3.05) is 46.4 Å². The van der Waals surface area contributed by atoms with Crippen LogP contribution in [0.2, 0.25) is 0 Å². The second kappa shape index (κ2) is 14.4. The number of carbonyl (C=O) groups is 3. The number of rotatable bonds is 11. The summed E-state index contributed by atoms with van der Waals surface area (Å²) in [4.78, 5) is 56.7. The summed E-state index contributed by atoms with van der Waals surface area (Å²) < 4.78 is 44.2. The number of amides is 3. The van der Waals surface area contributed by atoms with Gasteiger partial charge in [-0.3, -0.25) is 23.7 Å². The topological polar surface area (TPSA) is 119 Å². The maximum absolute atomic E-state index is 15.6. The van der Waals surface area contributed by atoms with E-state index in [0.717, 1.165) is 0 Å². The summed E-state index contributed by atoms with van der Waals surface area (Å²) in [6.45, 7) is 1.41. The molecule has 246 valence electrons. The Morgan fingerprint density at radius 3 is 2.39 bits per heavy atom. The van der Waals surface area contributed by atoms with Gasteiger partial charge in [0.1, 0.15) is 35.1 Å². The molecule has 1 fully saturated rings. The molecule has 1 aromatic heterocycles. The molecule has 0 aliphatic carbocycles. The maximum Gasteiger partial charge on any atom is 0.309 e. The zero-order chi connectivity index (χ0) is 33.9. The molecule has 1 saturated heterocycles.